The van der Waals surface area contributed by atoms with Crippen LogP contribution in [-0.4, -0.2) is 111 Å². The molecule has 3 aliphatic rings. The Balaban J connectivity index is 1.20. The molecule has 1 aromatic heterocycles. The average Bonchev–Trinajstić information content (AvgIpc) is 3.93. The van der Waals surface area contributed by atoms with E-state index in [9.17, 15) is 36.8 Å². The molecule has 0 unspecified atom stereocenters. The second kappa shape index (κ2) is 17.3. The van der Waals surface area contributed by atoms with Crippen LogP contribution in [0.25, 0.3) is 0 Å². The van der Waals surface area contributed by atoms with Crippen LogP contribution in [0.1, 0.15) is 56.4 Å². The van der Waals surface area contributed by atoms with Crippen LogP contribution in [0.4, 0.5) is 8.78 Å². The van der Waals surface area contributed by atoms with Crippen LogP contribution in [0.3, 0.4) is 0 Å². The average molecular weight is 829 g/mol. The molecule has 1 atom stereocenters. The molecule has 2 fully saturated rings. The summed E-state index contributed by atoms with van der Waals surface area (Å²) in [7, 11) is -3.64. The molecule has 296 valence electrons. The number of aromatic nitrogens is 1. The molecule has 3 aromatic rings. The van der Waals surface area contributed by atoms with Gasteiger partial charge in [0.15, 0.2) is 11.5 Å². The van der Waals surface area contributed by atoms with Crippen molar-refractivity contribution in [1.29, 1.82) is 0 Å². The van der Waals surface area contributed by atoms with Gasteiger partial charge in [-0.3, -0.25) is 29.4 Å². The predicted octanol–water partition coefficient (Wildman–Crippen LogP) is 4.13. The van der Waals surface area contributed by atoms with E-state index < -0.39 is 47.1 Å². The van der Waals surface area contributed by atoms with Gasteiger partial charge in [-0.15, -0.1) is 0 Å². The number of halogens is 4. The molecule has 55 heavy (non-hydrogen) atoms. The summed E-state index contributed by atoms with van der Waals surface area (Å²) in [5.74, 6) is -2.52. The number of hydrogen-bond acceptors (Lipinski definition) is 11. The van der Waals surface area contributed by atoms with Crippen molar-refractivity contribution in [2.45, 2.75) is 38.5 Å². The van der Waals surface area contributed by atoms with E-state index in [1.165, 1.54) is 34.6 Å². The molecule has 1 aliphatic carbocycles. The van der Waals surface area contributed by atoms with Gasteiger partial charge in [0.2, 0.25) is 22.4 Å². The summed E-state index contributed by atoms with van der Waals surface area (Å²) >= 11 is 12.8. The summed E-state index contributed by atoms with van der Waals surface area (Å²) in [6.45, 7) is -0.537. The molecule has 19 heteroatoms. The fourth-order valence-electron chi connectivity index (χ4n) is 6.22. The van der Waals surface area contributed by atoms with E-state index >= 15 is 0 Å². The fraction of sp³-hybridized carbons (Fsp3) is 0.444. The highest BCUT2D eigenvalue weighted by molar-refractivity contribution is 7.88. The first kappa shape index (κ1) is 40.5. The molecular formula is C36H39Cl2F2N4O10S+. The predicted molar refractivity (Wildman–Crippen MR) is 192 cm³/mol. The Morgan fingerprint density at radius 3 is 2.38 bits per heavy atom. The highest BCUT2D eigenvalue weighted by atomic mass is 35.5. The second-order valence-corrected chi connectivity index (χ2v) is 16.3. The first-order valence-corrected chi connectivity index (χ1v) is 20.0. The summed E-state index contributed by atoms with van der Waals surface area (Å²) < 4.78 is 75.4. The van der Waals surface area contributed by atoms with Gasteiger partial charge in [0.05, 0.1) is 37.2 Å². The standard InChI is InChI=1S/C36H39Cl2F2N4O10S/c1-55(49,50)43(9-8-41-10-12-51-13-11-41)17-23-4-6-25-26(14-23)35(47)44(34(25)46)20-33(45)53-31(16-27-28(37)18-42(48)19-29(27)38)24-5-7-30(54-36(39)40)32(15-24)52-21-22-2-3-22/h4-7,14-15,18-19,22,31,36,48H,2-3,8-13,16-17,20-21H2,1H3/q+1/t31-/m0/s1. The Morgan fingerprint density at radius 1 is 1.04 bits per heavy atom. The number of pyridine rings is 1. The molecule has 14 nitrogen and oxygen atoms in total. The number of hydrogen-bond donors (Lipinski definition) is 1. The first-order chi connectivity index (χ1) is 26.2. The number of carbonyl (C=O) groups is 3. The highest BCUT2D eigenvalue weighted by Crippen LogP contribution is 2.38. The molecule has 2 amide bonds. The van der Waals surface area contributed by atoms with Gasteiger partial charge >= 0.3 is 12.6 Å². The van der Waals surface area contributed by atoms with Gasteiger partial charge in [0.25, 0.3) is 11.8 Å². The zero-order valence-electron chi connectivity index (χ0n) is 29.7. The van der Waals surface area contributed by atoms with Gasteiger partial charge in [-0.05, 0) is 54.2 Å². The molecular weight excluding hydrogens is 789 g/mol. The minimum atomic E-state index is -3.64. The number of morpholine rings is 1. The number of amides is 2. The van der Waals surface area contributed by atoms with Crippen molar-refractivity contribution in [3.63, 3.8) is 0 Å². The van der Waals surface area contributed by atoms with Gasteiger partial charge in [-0.25, -0.2) is 8.42 Å². The van der Waals surface area contributed by atoms with E-state index in [1.54, 1.807) is 6.07 Å². The zero-order chi connectivity index (χ0) is 39.4. The lowest BCUT2D eigenvalue weighted by Crippen LogP contribution is -2.42. The number of sulfonamides is 1. The summed E-state index contributed by atoms with van der Waals surface area (Å²) in [5, 5.41) is 9.92. The maximum Gasteiger partial charge on any atom is 0.387 e. The van der Waals surface area contributed by atoms with E-state index in [2.05, 4.69) is 9.64 Å². The molecule has 2 aromatic carbocycles. The number of esters is 1. The maximum absolute atomic E-state index is 13.6. The molecule has 0 radical (unpaired) electrons. The van der Waals surface area contributed by atoms with E-state index in [0.717, 1.165) is 36.4 Å². The third-order valence-electron chi connectivity index (χ3n) is 9.38. The Bertz CT molecular complexity index is 2030. The molecule has 1 saturated carbocycles. The van der Waals surface area contributed by atoms with Crippen molar-refractivity contribution < 1.29 is 60.5 Å². The smallest absolute Gasteiger partial charge is 0.387 e. The van der Waals surface area contributed by atoms with Crippen LogP contribution in [0.15, 0.2) is 48.8 Å². The summed E-state index contributed by atoms with van der Waals surface area (Å²) in [5.41, 5.74) is 1.03. The number of imide groups is 1. The monoisotopic (exact) mass is 827 g/mol. The van der Waals surface area contributed by atoms with E-state index in [-0.39, 0.29) is 75.8 Å². The van der Waals surface area contributed by atoms with Gasteiger partial charge in [-0.1, -0.05) is 35.3 Å². The van der Waals surface area contributed by atoms with Crippen LogP contribution in [0, 0.1) is 5.92 Å². The lowest BCUT2D eigenvalue weighted by Gasteiger charge is -2.29. The number of benzene rings is 2. The van der Waals surface area contributed by atoms with Crippen molar-refractivity contribution in [3.05, 3.63) is 86.7 Å². The molecule has 3 heterocycles. The SMILES string of the molecule is CS(=O)(=O)N(CCN1CCOCC1)Cc1ccc2c(c1)C(=O)N(CC(=O)O[C@@H](Cc1c(Cl)c[n+](O)cc1Cl)c1ccc(OC(F)F)c(OCC3CC3)c1)C2=O. The molecule has 2 aliphatic heterocycles. The van der Waals surface area contributed by atoms with Crippen molar-refractivity contribution in [3.8, 4) is 11.5 Å². The number of alkyl halides is 2. The third-order valence-corrected chi connectivity index (χ3v) is 11.3. The van der Waals surface area contributed by atoms with Gasteiger partial charge in [0.1, 0.15) is 22.7 Å². The Kier molecular flexibility index (Phi) is 12.8. The minimum absolute atomic E-state index is 0.000657. The van der Waals surface area contributed by atoms with Crippen molar-refractivity contribution in [1.82, 2.24) is 14.1 Å². The third kappa shape index (κ3) is 10.4. The molecule has 0 bridgehead atoms. The number of ether oxygens (including phenoxy) is 4. The van der Waals surface area contributed by atoms with Crippen LogP contribution in [0.5, 0.6) is 11.5 Å². The number of carbonyl (C=O) groups excluding carboxylic acids is 3. The highest BCUT2D eigenvalue weighted by Gasteiger charge is 2.38. The van der Waals surface area contributed by atoms with E-state index in [4.69, 9.17) is 37.4 Å². The second-order valence-electron chi connectivity index (χ2n) is 13.5. The normalized spacial score (nSPS) is 16.8. The summed E-state index contributed by atoms with van der Waals surface area (Å²) in [6, 6.07) is 8.44. The molecule has 1 saturated heterocycles. The van der Waals surface area contributed by atoms with Gasteiger partial charge < -0.3 is 18.9 Å². The van der Waals surface area contributed by atoms with Crippen molar-refractivity contribution >= 4 is 51.0 Å². The molecule has 6 rings (SSSR count). The van der Waals surface area contributed by atoms with Gasteiger partial charge in [-0.2, -0.15) is 13.1 Å². The van der Waals surface area contributed by atoms with Crippen LogP contribution >= 0.6 is 23.2 Å². The van der Waals surface area contributed by atoms with Crippen LogP contribution in [-0.2, 0) is 37.3 Å². The van der Waals surface area contributed by atoms with Crippen LogP contribution < -0.4 is 14.2 Å². The summed E-state index contributed by atoms with van der Waals surface area (Å²) in [4.78, 5) is 43.4. The lowest BCUT2D eigenvalue weighted by atomic mass is 10.0. The lowest BCUT2D eigenvalue weighted by molar-refractivity contribution is -0.904. The van der Waals surface area contributed by atoms with Crippen molar-refractivity contribution in [2.24, 2.45) is 5.92 Å². The Labute approximate surface area is 326 Å². The van der Waals surface area contributed by atoms with Crippen molar-refractivity contribution in [2.75, 3.05) is 58.8 Å². The molecule has 1 N–H and O–H groups in total. The minimum Gasteiger partial charge on any atom is -0.489 e. The number of rotatable bonds is 17. The number of nitrogens with zero attached hydrogens (tertiary/aromatic N) is 4. The fourth-order valence-corrected chi connectivity index (χ4v) is 7.62. The molecule has 0 spiro atoms. The van der Waals surface area contributed by atoms with Gasteiger partial charge in [0, 0.05) is 49.4 Å². The Hall–Kier alpha value is -4.13. The Morgan fingerprint density at radius 2 is 1.73 bits per heavy atom. The first-order valence-electron chi connectivity index (χ1n) is 17.4. The zero-order valence-corrected chi connectivity index (χ0v) is 32.0. The van der Waals surface area contributed by atoms with E-state index in [1.807, 2.05) is 0 Å². The largest absolute Gasteiger partial charge is 0.489 e. The summed E-state index contributed by atoms with van der Waals surface area (Å²) in [6.07, 6.45) is 3.90. The quantitative estimate of drug-likeness (QED) is 0.0905. The number of fused-ring (bicyclic) bond motifs is 1. The van der Waals surface area contributed by atoms with Crippen LogP contribution in [0.2, 0.25) is 10.0 Å². The van der Waals surface area contributed by atoms with E-state index in [0.29, 0.717) is 43.1 Å². The topological polar surface area (TPSA) is 156 Å². The maximum atomic E-state index is 13.6.